The zero-order chi connectivity index (χ0) is 13.0. The second-order valence-electron chi connectivity index (χ2n) is 3.29. The molecule has 1 aromatic carbocycles. The Morgan fingerprint density at radius 2 is 2.00 bits per heavy atom. The number of methoxy groups -OCH3 is 1. The van der Waals surface area contributed by atoms with Crippen LogP contribution < -0.4 is 4.74 Å². The highest BCUT2D eigenvalue weighted by atomic mass is 79.9. The Labute approximate surface area is 112 Å². The van der Waals surface area contributed by atoms with Crippen LogP contribution in [-0.2, 0) is 4.74 Å². The van der Waals surface area contributed by atoms with E-state index in [-0.39, 0.29) is 5.97 Å². The van der Waals surface area contributed by atoms with E-state index in [1.807, 2.05) is 0 Å². The Balaban J connectivity index is 2.16. The van der Waals surface area contributed by atoms with Gasteiger partial charge in [0.1, 0.15) is 12.1 Å². The van der Waals surface area contributed by atoms with Gasteiger partial charge >= 0.3 is 5.97 Å². The van der Waals surface area contributed by atoms with Crippen LogP contribution in [0.15, 0.2) is 41.3 Å². The second-order valence-corrected chi connectivity index (χ2v) is 4.15. The van der Waals surface area contributed by atoms with Gasteiger partial charge in [0.25, 0.3) is 0 Å². The molecule has 0 saturated heterocycles. The number of aromatic nitrogens is 2. The molecular weight excluding hydrogens is 300 g/mol. The summed E-state index contributed by atoms with van der Waals surface area (Å²) in [5.74, 6) is 0.600. The van der Waals surface area contributed by atoms with E-state index in [0.29, 0.717) is 21.7 Å². The summed E-state index contributed by atoms with van der Waals surface area (Å²) in [5, 5.41) is 0. The number of hydrogen-bond acceptors (Lipinski definition) is 5. The van der Waals surface area contributed by atoms with E-state index < -0.39 is 0 Å². The molecule has 0 fully saturated rings. The molecule has 0 amide bonds. The Morgan fingerprint density at radius 3 is 2.61 bits per heavy atom. The highest BCUT2D eigenvalue weighted by Crippen LogP contribution is 2.26. The number of halogens is 1. The third kappa shape index (κ3) is 2.84. The molecule has 2 aromatic rings. The van der Waals surface area contributed by atoms with Gasteiger partial charge in [0, 0.05) is 6.20 Å². The number of nitrogens with zero attached hydrogens (tertiary/aromatic N) is 2. The maximum absolute atomic E-state index is 11.2. The first kappa shape index (κ1) is 12.5. The number of ether oxygens (including phenoxy) is 2. The van der Waals surface area contributed by atoms with Gasteiger partial charge in [0.2, 0.25) is 5.88 Å². The topological polar surface area (TPSA) is 61.3 Å². The molecular formula is C12H9BrN2O3. The van der Waals surface area contributed by atoms with Gasteiger partial charge in [-0.1, -0.05) is 0 Å². The summed E-state index contributed by atoms with van der Waals surface area (Å²) in [5.41, 5.74) is 0.464. The zero-order valence-corrected chi connectivity index (χ0v) is 11.0. The highest BCUT2D eigenvalue weighted by Gasteiger charge is 2.07. The first-order chi connectivity index (χ1) is 8.70. The summed E-state index contributed by atoms with van der Waals surface area (Å²) in [6.45, 7) is 0. The Hall–Kier alpha value is -1.95. The molecule has 0 saturated carbocycles. The maximum atomic E-state index is 11.2. The average molecular weight is 309 g/mol. The van der Waals surface area contributed by atoms with Crippen LogP contribution in [0.5, 0.6) is 11.6 Å². The minimum Gasteiger partial charge on any atom is -0.465 e. The van der Waals surface area contributed by atoms with Crippen LogP contribution in [0.25, 0.3) is 0 Å². The van der Waals surface area contributed by atoms with Crippen molar-refractivity contribution in [2.75, 3.05) is 7.11 Å². The standard InChI is InChI=1S/C12H9BrN2O3/c1-17-12(16)8-2-4-9(5-3-8)18-11-10(13)6-14-7-15-11/h2-7H,1H3. The second kappa shape index (κ2) is 5.59. The maximum Gasteiger partial charge on any atom is 0.337 e. The molecule has 0 bridgehead atoms. The number of esters is 1. The molecule has 0 spiro atoms. The smallest absolute Gasteiger partial charge is 0.337 e. The van der Waals surface area contributed by atoms with Crippen LogP contribution in [0.1, 0.15) is 10.4 Å². The normalized spacial score (nSPS) is 9.89. The number of carbonyl (C=O) groups excluding carboxylic acids is 1. The number of carbonyl (C=O) groups is 1. The minimum atomic E-state index is -0.384. The summed E-state index contributed by atoms with van der Waals surface area (Å²) in [4.78, 5) is 19.1. The van der Waals surface area contributed by atoms with Crippen LogP contribution in [0.3, 0.4) is 0 Å². The molecule has 5 nitrogen and oxygen atoms in total. The van der Waals surface area contributed by atoms with Crippen LogP contribution in [-0.4, -0.2) is 23.0 Å². The molecule has 0 atom stereocenters. The van der Waals surface area contributed by atoms with Crippen LogP contribution >= 0.6 is 15.9 Å². The predicted molar refractivity (Wildman–Crippen MR) is 67.6 cm³/mol. The number of hydrogen-bond donors (Lipinski definition) is 0. The first-order valence-electron chi connectivity index (χ1n) is 5.02. The minimum absolute atomic E-state index is 0.384. The molecule has 0 N–H and O–H groups in total. The van der Waals surface area contributed by atoms with Gasteiger partial charge in [-0.15, -0.1) is 0 Å². The van der Waals surface area contributed by atoms with Crippen molar-refractivity contribution in [3.05, 3.63) is 46.8 Å². The Kier molecular flexibility index (Phi) is 3.88. The summed E-state index contributed by atoms with van der Waals surface area (Å²) in [7, 11) is 1.34. The van der Waals surface area contributed by atoms with E-state index in [9.17, 15) is 4.79 Å². The summed E-state index contributed by atoms with van der Waals surface area (Å²) in [6, 6.07) is 6.58. The molecule has 0 radical (unpaired) electrons. The van der Waals surface area contributed by atoms with Crippen molar-refractivity contribution in [1.29, 1.82) is 0 Å². The fourth-order valence-electron chi connectivity index (χ4n) is 1.27. The molecule has 1 aromatic heterocycles. The Morgan fingerprint density at radius 1 is 1.28 bits per heavy atom. The largest absolute Gasteiger partial charge is 0.465 e. The van der Waals surface area contributed by atoms with E-state index in [0.717, 1.165) is 0 Å². The van der Waals surface area contributed by atoms with Crippen molar-refractivity contribution in [2.24, 2.45) is 0 Å². The van der Waals surface area contributed by atoms with Gasteiger partial charge in [0.15, 0.2) is 0 Å². The molecule has 0 aliphatic carbocycles. The van der Waals surface area contributed by atoms with Gasteiger partial charge in [-0.2, -0.15) is 0 Å². The lowest BCUT2D eigenvalue weighted by Gasteiger charge is -2.06. The summed E-state index contributed by atoms with van der Waals surface area (Å²) < 4.78 is 10.8. The molecule has 92 valence electrons. The predicted octanol–water partition coefficient (Wildman–Crippen LogP) is 2.82. The third-order valence-corrected chi connectivity index (χ3v) is 2.67. The number of rotatable bonds is 3. The summed E-state index contributed by atoms with van der Waals surface area (Å²) >= 11 is 3.28. The SMILES string of the molecule is COC(=O)c1ccc(Oc2ncncc2Br)cc1. The Bertz CT molecular complexity index is 558. The average Bonchev–Trinajstić information content (AvgIpc) is 2.41. The van der Waals surface area contributed by atoms with Crippen LogP contribution in [0.2, 0.25) is 0 Å². The van der Waals surface area contributed by atoms with Gasteiger partial charge in [-0.3, -0.25) is 0 Å². The van der Waals surface area contributed by atoms with Gasteiger partial charge in [-0.25, -0.2) is 14.8 Å². The quantitative estimate of drug-likeness (QED) is 0.816. The third-order valence-electron chi connectivity index (χ3n) is 2.12. The van der Waals surface area contributed by atoms with Gasteiger partial charge < -0.3 is 9.47 Å². The van der Waals surface area contributed by atoms with Crippen molar-refractivity contribution in [2.45, 2.75) is 0 Å². The van der Waals surface area contributed by atoms with E-state index in [1.165, 1.54) is 13.4 Å². The molecule has 6 heteroatoms. The van der Waals surface area contributed by atoms with Crippen molar-refractivity contribution in [1.82, 2.24) is 9.97 Å². The lowest BCUT2D eigenvalue weighted by Crippen LogP contribution is -2.00. The lowest BCUT2D eigenvalue weighted by atomic mass is 10.2. The fourth-order valence-corrected chi connectivity index (χ4v) is 1.57. The van der Waals surface area contributed by atoms with Crippen molar-refractivity contribution < 1.29 is 14.3 Å². The number of benzene rings is 1. The van der Waals surface area contributed by atoms with E-state index >= 15 is 0 Å². The molecule has 18 heavy (non-hydrogen) atoms. The van der Waals surface area contributed by atoms with Crippen molar-refractivity contribution in [3.63, 3.8) is 0 Å². The first-order valence-corrected chi connectivity index (χ1v) is 5.81. The van der Waals surface area contributed by atoms with Gasteiger partial charge in [0.05, 0.1) is 17.1 Å². The van der Waals surface area contributed by atoms with Gasteiger partial charge in [-0.05, 0) is 40.2 Å². The van der Waals surface area contributed by atoms with E-state index in [1.54, 1.807) is 30.5 Å². The molecule has 0 aliphatic heterocycles. The molecule has 2 rings (SSSR count). The van der Waals surface area contributed by atoms with E-state index in [4.69, 9.17) is 4.74 Å². The van der Waals surface area contributed by atoms with Crippen LogP contribution in [0, 0.1) is 0 Å². The fraction of sp³-hybridized carbons (Fsp3) is 0.0833. The zero-order valence-electron chi connectivity index (χ0n) is 9.46. The summed E-state index contributed by atoms with van der Waals surface area (Å²) in [6.07, 6.45) is 2.98. The lowest BCUT2D eigenvalue weighted by molar-refractivity contribution is 0.0600. The molecule has 1 heterocycles. The molecule has 0 unspecified atom stereocenters. The van der Waals surface area contributed by atoms with E-state index in [2.05, 4.69) is 30.6 Å². The van der Waals surface area contributed by atoms with Crippen molar-refractivity contribution >= 4 is 21.9 Å². The highest BCUT2D eigenvalue weighted by molar-refractivity contribution is 9.10. The van der Waals surface area contributed by atoms with Crippen molar-refractivity contribution in [3.8, 4) is 11.6 Å². The monoisotopic (exact) mass is 308 g/mol. The molecule has 0 aliphatic rings. The van der Waals surface area contributed by atoms with Crippen LogP contribution in [0.4, 0.5) is 0 Å².